The summed E-state index contributed by atoms with van der Waals surface area (Å²) < 4.78 is 10.9. The quantitative estimate of drug-likeness (QED) is 0.750. The number of hydrogen-bond donors (Lipinski definition) is 2. The topological polar surface area (TPSA) is 42.5 Å². The van der Waals surface area contributed by atoms with E-state index in [1.54, 1.807) is 14.2 Å². The Morgan fingerprint density at radius 1 is 1.12 bits per heavy atom. The van der Waals surface area contributed by atoms with Gasteiger partial charge in [-0.2, -0.15) is 0 Å². The molecule has 3 rings (SSSR count). The zero-order valence-electron chi connectivity index (χ0n) is 9.78. The van der Waals surface area contributed by atoms with E-state index < -0.39 is 0 Å². The highest BCUT2D eigenvalue weighted by atomic mass is 16.5. The maximum absolute atomic E-state index is 5.50. The van der Waals surface area contributed by atoms with Crippen LogP contribution in [0.25, 0.3) is 0 Å². The van der Waals surface area contributed by atoms with Gasteiger partial charge >= 0.3 is 0 Å². The fourth-order valence-electron chi connectivity index (χ4n) is 2.37. The van der Waals surface area contributed by atoms with Crippen molar-refractivity contribution < 1.29 is 9.47 Å². The third-order valence-electron chi connectivity index (χ3n) is 3.11. The van der Waals surface area contributed by atoms with Crippen LogP contribution in [0.3, 0.4) is 0 Å². The summed E-state index contributed by atoms with van der Waals surface area (Å²) in [6.45, 7) is 0. The number of ether oxygens (including phenoxy) is 2. The van der Waals surface area contributed by atoms with Crippen LogP contribution in [0, 0.1) is 0 Å². The van der Waals surface area contributed by atoms with E-state index in [0.29, 0.717) is 0 Å². The number of dihydropyridines is 1. The Morgan fingerprint density at radius 3 is 2.71 bits per heavy atom. The second-order valence-corrected chi connectivity index (χ2v) is 3.97. The number of hydrogen-bond acceptors (Lipinski definition) is 4. The summed E-state index contributed by atoms with van der Waals surface area (Å²) in [6, 6.07) is 0. The molecular formula is C13H14N2O2. The predicted molar refractivity (Wildman–Crippen MR) is 64.5 cm³/mol. The molecule has 2 aliphatic heterocycles. The van der Waals surface area contributed by atoms with Gasteiger partial charge in [-0.3, -0.25) is 0 Å². The lowest BCUT2D eigenvalue weighted by molar-refractivity contribution is 0.163. The van der Waals surface area contributed by atoms with Gasteiger partial charge in [0.15, 0.2) is 5.88 Å². The standard InChI is InChI=1S/C13H14N2O2/c1-16-10-7-8-3-5-14-9-4-6-15-13(17-2)12(10)11(8)9/h3-7,10,14-15H,1-2H3. The van der Waals surface area contributed by atoms with Crippen molar-refractivity contribution >= 4 is 0 Å². The van der Waals surface area contributed by atoms with Crippen molar-refractivity contribution in [2.75, 3.05) is 14.2 Å². The molecule has 4 nitrogen and oxygen atoms in total. The molecule has 0 radical (unpaired) electrons. The van der Waals surface area contributed by atoms with Crippen LogP contribution >= 0.6 is 0 Å². The van der Waals surface area contributed by atoms with Crippen molar-refractivity contribution in [3.8, 4) is 0 Å². The number of nitrogens with one attached hydrogen (secondary N) is 2. The highest BCUT2D eigenvalue weighted by Crippen LogP contribution is 2.39. The highest BCUT2D eigenvalue weighted by Gasteiger charge is 2.33. The summed E-state index contributed by atoms with van der Waals surface area (Å²) in [5, 5.41) is 6.37. The van der Waals surface area contributed by atoms with Crippen molar-refractivity contribution in [2.45, 2.75) is 6.10 Å². The summed E-state index contributed by atoms with van der Waals surface area (Å²) in [5.41, 5.74) is 4.43. The lowest BCUT2D eigenvalue weighted by Crippen LogP contribution is -2.18. The van der Waals surface area contributed by atoms with Crippen LogP contribution in [0.5, 0.6) is 0 Å². The van der Waals surface area contributed by atoms with Crippen molar-refractivity contribution in [1.29, 1.82) is 0 Å². The third kappa shape index (κ3) is 1.41. The molecule has 88 valence electrons. The largest absolute Gasteiger partial charge is 0.482 e. The molecule has 1 unspecified atom stereocenters. The van der Waals surface area contributed by atoms with E-state index in [-0.39, 0.29) is 6.10 Å². The Balaban J connectivity index is 2.21. The Labute approximate surface area is 100.0 Å². The average Bonchev–Trinajstić information content (AvgIpc) is 2.62. The minimum Gasteiger partial charge on any atom is -0.482 e. The number of methoxy groups -OCH3 is 2. The highest BCUT2D eigenvalue weighted by molar-refractivity contribution is 5.66. The monoisotopic (exact) mass is 230 g/mol. The maximum atomic E-state index is 5.50. The number of allylic oxidation sites excluding steroid dienone is 3. The molecule has 0 aromatic rings. The Morgan fingerprint density at radius 2 is 1.94 bits per heavy atom. The molecule has 1 aliphatic carbocycles. The molecule has 0 spiro atoms. The van der Waals surface area contributed by atoms with Crippen molar-refractivity contribution in [3.05, 3.63) is 58.9 Å². The van der Waals surface area contributed by atoms with Crippen LogP contribution in [0.2, 0.25) is 0 Å². The van der Waals surface area contributed by atoms with E-state index in [9.17, 15) is 0 Å². The molecule has 0 bridgehead atoms. The van der Waals surface area contributed by atoms with Gasteiger partial charge in [0.1, 0.15) is 6.10 Å². The van der Waals surface area contributed by atoms with Gasteiger partial charge < -0.3 is 20.1 Å². The maximum Gasteiger partial charge on any atom is 0.197 e. The summed E-state index contributed by atoms with van der Waals surface area (Å²) in [4.78, 5) is 0. The Bertz CT molecular complexity index is 510. The Hall–Kier alpha value is -1.94. The van der Waals surface area contributed by atoms with Gasteiger partial charge in [0.25, 0.3) is 0 Å². The van der Waals surface area contributed by atoms with Crippen LogP contribution < -0.4 is 10.6 Å². The summed E-state index contributed by atoms with van der Waals surface area (Å²) in [7, 11) is 3.36. The minimum absolute atomic E-state index is 0.0677. The summed E-state index contributed by atoms with van der Waals surface area (Å²) >= 11 is 0. The molecule has 3 aliphatic rings. The summed E-state index contributed by atoms with van der Waals surface area (Å²) in [5.74, 6) is 0.737. The van der Waals surface area contributed by atoms with Gasteiger partial charge in [-0.15, -0.1) is 0 Å². The van der Waals surface area contributed by atoms with E-state index in [0.717, 1.165) is 22.7 Å². The van der Waals surface area contributed by atoms with Crippen molar-refractivity contribution in [2.24, 2.45) is 0 Å². The SMILES string of the molecule is COC1=C2C3=C(C=CN1)NC=CC3=CC2OC. The molecule has 1 atom stereocenters. The molecule has 0 amide bonds. The van der Waals surface area contributed by atoms with Gasteiger partial charge in [-0.25, -0.2) is 0 Å². The van der Waals surface area contributed by atoms with Crippen LogP contribution in [-0.4, -0.2) is 20.3 Å². The van der Waals surface area contributed by atoms with Gasteiger partial charge in [-0.1, -0.05) is 0 Å². The predicted octanol–water partition coefficient (Wildman–Crippen LogP) is 1.29. The molecule has 0 fully saturated rings. The van der Waals surface area contributed by atoms with E-state index >= 15 is 0 Å². The van der Waals surface area contributed by atoms with Crippen LogP contribution in [0.4, 0.5) is 0 Å². The third-order valence-corrected chi connectivity index (χ3v) is 3.11. The van der Waals surface area contributed by atoms with Crippen LogP contribution in [0.1, 0.15) is 0 Å². The zero-order valence-corrected chi connectivity index (χ0v) is 9.78. The van der Waals surface area contributed by atoms with E-state index in [2.05, 4.69) is 16.7 Å². The van der Waals surface area contributed by atoms with Gasteiger partial charge in [-0.05, 0) is 23.8 Å². The number of rotatable bonds is 2. The molecule has 0 aromatic carbocycles. The molecule has 4 heteroatoms. The van der Waals surface area contributed by atoms with Gasteiger partial charge in [0.05, 0.1) is 12.7 Å². The van der Waals surface area contributed by atoms with Crippen LogP contribution in [0.15, 0.2) is 58.9 Å². The molecule has 0 saturated carbocycles. The first-order valence-electron chi connectivity index (χ1n) is 5.49. The lowest BCUT2D eigenvalue weighted by Gasteiger charge is -2.17. The van der Waals surface area contributed by atoms with Crippen molar-refractivity contribution in [1.82, 2.24) is 10.6 Å². The second-order valence-electron chi connectivity index (χ2n) is 3.97. The first-order chi connectivity index (χ1) is 8.35. The normalized spacial score (nSPS) is 25.1. The van der Waals surface area contributed by atoms with E-state index in [1.165, 1.54) is 5.57 Å². The molecule has 0 saturated heterocycles. The minimum atomic E-state index is -0.0677. The van der Waals surface area contributed by atoms with Gasteiger partial charge in [0, 0.05) is 30.8 Å². The Kier molecular flexibility index (Phi) is 2.30. The molecule has 2 N–H and O–H groups in total. The molecular weight excluding hydrogens is 216 g/mol. The van der Waals surface area contributed by atoms with Crippen LogP contribution in [-0.2, 0) is 9.47 Å². The second kappa shape index (κ2) is 3.82. The molecule has 0 aromatic heterocycles. The van der Waals surface area contributed by atoms with Gasteiger partial charge in [0.2, 0.25) is 0 Å². The summed E-state index contributed by atoms with van der Waals surface area (Å²) in [6.07, 6.45) is 9.87. The average molecular weight is 230 g/mol. The van der Waals surface area contributed by atoms with Crippen molar-refractivity contribution in [3.63, 3.8) is 0 Å². The first kappa shape index (κ1) is 10.2. The smallest absolute Gasteiger partial charge is 0.197 e. The zero-order chi connectivity index (χ0) is 11.8. The van der Waals surface area contributed by atoms with E-state index in [4.69, 9.17) is 9.47 Å². The molecule has 2 heterocycles. The van der Waals surface area contributed by atoms with E-state index in [1.807, 2.05) is 24.6 Å². The fourth-order valence-corrected chi connectivity index (χ4v) is 2.37. The first-order valence-corrected chi connectivity index (χ1v) is 5.49. The molecule has 17 heavy (non-hydrogen) atoms. The fraction of sp³-hybridized carbons (Fsp3) is 0.231. The lowest BCUT2D eigenvalue weighted by atomic mass is 9.99.